The predicted octanol–water partition coefficient (Wildman–Crippen LogP) is 6.28. The summed E-state index contributed by atoms with van der Waals surface area (Å²) in [4.78, 5) is 24.3. The van der Waals surface area contributed by atoms with Gasteiger partial charge in [-0.1, -0.05) is 52.3 Å². The van der Waals surface area contributed by atoms with Gasteiger partial charge in [-0.3, -0.25) is 9.98 Å². The van der Waals surface area contributed by atoms with Crippen LogP contribution < -0.4 is 10.5 Å². The maximum atomic E-state index is 13.1. The third kappa shape index (κ3) is 5.79. The molecule has 7 heteroatoms. The van der Waals surface area contributed by atoms with Crippen LogP contribution in [0.1, 0.15) is 16.7 Å². The van der Waals surface area contributed by atoms with Gasteiger partial charge in [0.15, 0.2) is 0 Å². The van der Waals surface area contributed by atoms with Crippen LogP contribution in [0.5, 0.6) is 0 Å². The monoisotopic (exact) mass is 555 g/mol. The Kier molecular flexibility index (Phi) is 7.73. The van der Waals surface area contributed by atoms with Crippen LogP contribution in [0, 0.1) is 0 Å². The molecule has 1 aromatic heterocycles. The number of hydrogen-bond donors (Lipinski definition) is 0. The number of rotatable bonds is 6. The van der Waals surface area contributed by atoms with E-state index in [1.54, 1.807) is 7.05 Å². The minimum Gasteiger partial charge on any atom is -0.422 e. The predicted molar refractivity (Wildman–Crippen MR) is 155 cm³/mol. The van der Waals surface area contributed by atoms with Gasteiger partial charge in [-0.25, -0.2) is 4.79 Å². The lowest BCUT2D eigenvalue weighted by molar-refractivity contribution is 0.123. The highest BCUT2D eigenvalue weighted by molar-refractivity contribution is 9.10. The molecule has 0 amide bonds. The largest absolute Gasteiger partial charge is 0.422 e. The standard InChI is InChI=1S/C30H26BrN3O3/c1-32-27(22-9-11-24(12-10-22)33-20-21-5-4-6-23(31)19-21)14-13-26-29(34-15-17-36-18-16-34)25-7-2-3-8-28(25)37-30(26)35/h2-14,19-20H,15-18H2,1H3/b14-13+,32-27?,33-20?. The second-order valence-corrected chi connectivity index (χ2v) is 9.47. The quantitative estimate of drug-likeness (QED) is 0.207. The number of nitrogens with zero attached hydrogens (tertiary/aromatic N) is 3. The van der Waals surface area contributed by atoms with Crippen LogP contribution in [0.3, 0.4) is 0 Å². The summed E-state index contributed by atoms with van der Waals surface area (Å²) in [5.41, 5.74) is 5.13. The van der Waals surface area contributed by atoms with Crippen molar-refractivity contribution in [2.75, 3.05) is 38.3 Å². The average Bonchev–Trinajstić information content (AvgIpc) is 2.93. The summed E-state index contributed by atoms with van der Waals surface area (Å²) >= 11 is 3.48. The third-order valence-corrected chi connectivity index (χ3v) is 6.66. The lowest BCUT2D eigenvalue weighted by Crippen LogP contribution is -2.37. The van der Waals surface area contributed by atoms with Crippen LogP contribution in [0.2, 0.25) is 0 Å². The summed E-state index contributed by atoms with van der Waals surface area (Å²) in [5, 5.41) is 0.909. The van der Waals surface area contributed by atoms with Crippen LogP contribution in [0.4, 0.5) is 11.4 Å². The summed E-state index contributed by atoms with van der Waals surface area (Å²) in [6, 6.07) is 23.5. The van der Waals surface area contributed by atoms with Gasteiger partial charge in [0, 0.05) is 36.2 Å². The summed E-state index contributed by atoms with van der Waals surface area (Å²) in [5.74, 6) is 0. The second-order valence-electron chi connectivity index (χ2n) is 8.55. The smallest absolute Gasteiger partial charge is 0.345 e. The average molecular weight is 556 g/mol. The molecular formula is C30H26BrN3O3. The molecule has 4 aromatic rings. The summed E-state index contributed by atoms with van der Waals surface area (Å²) < 4.78 is 12.2. The number of anilines is 1. The number of morpholine rings is 1. The van der Waals surface area contributed by atoms with Crippen molar-refractivity contribution in [1.82, 2.24) is 0 Å². The molecule has 0 saturated carbocycles. The van der Waals surface area contributed by atoms with E-state index in [1.807, 2.05) is 91.2 Å². The highest BCUT2D eigenvalue weighted by Crippen LogP contribution is 2.30. The number of fused-ring (bicyclic) bond motifs is 1. The number of allylic oxidation sites excluding steroid dienone is 1. The molecule has 2 heterocycles. The van der Waals surface area contributed by atoms with E-state index in [1.165, 1.54) is 0 Å². The van der Waals surface area contributed by atoms with Crippen LogP contribution >= 0.6 is 15.9 Å². The molecule has 0 radical (unpaired) electrons. The molecule has 5 rings (SSSR count). The van der Waals surface area contributed by atoms with Gasteiger partial charge in [-0.2, -0.15) is 0 Å². The Morgan fingerprint density at radius 3 is 2.54 bits per heavy atom. The summed E-state index contributed by atoms with van der Waals surface area (Å²) in [6.45, 7) is 2.67. The molecule has 37 heavy (non-hydrogen) atoms. The molecule has 3 aromatic carbocycles. The maximum absolute atomic E-state index is 13.1. The zero-order chi connectivity index (χ0) is 25.6. The minimum atomic E-state index is -0.371. The SMILES string of the molecule is CN=C(/C=C/c1c(N2CCOCC2)c2ccccc2oc1=O)c1ccc(N=Cc2cccc(Br)c2)cc1. The molecule has 186 valence electrons. The topological polar surface area (TPSA) is 67.4 Å². The van der Waals surface area contributed by atoms with E-state index < -0.39 is 0 Å². The molecule has 0 aliphatic carbocycles. The van der Waals surface area contributed by atoms with E-state index in [4.69, 9.17) is 9.15 Å². The van der Waals surface area contributed by atoms with Crippen LogP contribution in [0.15, 0.2) is 103 Å². The fraction of sp³-hybridized carbons (Fsp3) is 0.167. The normalized spacial score (nSPS) is 14.8. The Morgan fingerprint density at radius 2 is 1.78 bits per heavy atom. The van der Waals surface area contributed by atoms with Crippen LogP contribution in [0.25, 0.3) is 17.0 Å². The molecule has 1 fully saturated rings. The van der Waals surface area contributed by atoms with E-state index in [0.29, 0.717) is 37.4 Å². The summed E-state index contributed by atoms with van der Waals surface area (Å²) in [7, 11) is 1.74. The lowest BCUT2D eigenvalue weighted by Gasteiger charge is -2.30. The molecule has 0 atom stereocenters. The van der Waals surface area contributed by atoms with Crippen molar-refractivity contribution in [1.29, 1.82) is 0 Å². The molecule has 1 saturated heterocycles. The molecular weight excluding hydrogens is 530 g/mol. The van der Waals surface area contributed by atoms with Crippen molar-refractivity contribution in [2.24, 2.45) is 9.98 Å². The van der Waals surface area contributed by atoms with Crippen molar-refractivity contribution >= 4 is 56.3 Å². The van der Waals surface area contributed by atoms with E-state index >= 15 is 0 Å². The molecule has 0 bridgehead atoms. The van der Waals surface area contributed by atoms with E-state index in [9.17, 15) is 4.79 Å². The van der Waals surface area contributed by atoms with Gasteiger partial charge in [0.05, 0.1) is 35.9 Å². The maximum Gasteiger partial charge on any atom is 0.345 e. The van der Waals surface area contributed by atoms with E-state index in [0.717, 1.165) is 38.1 Å². The number of benzene rings is 3. The van der Waals surface area contributed by atoms with Crippen molar-refractivity contribution in [3.63, 3.8) is 0 Å². The number of para-hydroxylation sites is 1. The van der Waals surface area contributed by atoms with Crippen molar-refractivity contribution in [2.45, 2.75) is 0 Å². The Hall–Kier alpha value is -3.81. The Balaban J connectivity index is 1.43. The Morgan fingerprint density at radius 1 is 1.00 bits per heavy atom. The van der Waals surface area contributed by atoms with Gasteiger partial charge in [0.2, 0.25) is 0 Å². The minimum absolute atomic E-state index is 0.371. The van der Waals surface area contributed by atoms with Gasteiger partial charge in [0.1, 0.15) is 5.58 Å². The second kappa shape index (κ2) is 11.5. The Bertz CT molecular complexity index is 1550. The first-order valence-corrected chi connectivity index (χ1v) is 12.8. The fourth-order valence-electron chi connectivity index (χ4n) is 4.34. The molecule has 1 aliphatic heterocycles. The van der Waals surface area contributed by atoms with Gasteiger partial charge < -0.3 is 14.1 Å². The number of ether oxygens (including phenoxy) is 1. The van der Waals surface area contributed by atoms with Crippen LogP contribution in [-0.4, -0.2) is 45.3 Å². The third-order valence-electron chi connectivity index (χ3n) is 6.17. The van der Waals surface area contributed by atoms with Gasteiger partial charge in [-0.05, 0) is 59.7 Å². The molecule has 1 aliphatic rings. The highest BCUT2D eigenvalue weighted by Gasteiger charge is 2.20. The molecule has 6 nitrogen and oxygen atoms in total. The highest BCUT2D eigenvalue weighted by atomic mass is 79.9. The van der Waals surface area contributed by atoms with Gasteiger partial charge in [-0.15, -0.1) is 0 Å². The van der Waals surface area contributed by atoms with Gasteiger partial charge in [0.25, 0.3) is 0 Å². The lowest BCUT2D eigenvalue weighted by atomic mass is 10.1. The first kappa shape index (κ1) is 24.9. The summed E-state index contributed by atoms with van der Waals surface area (Å²) in [6.07, 6.45) is 5.51. The van der Waals surface area contributed by atoms with E-state index in [2.05, 4.69) is 30.8 Å². The first-order valence-electron chi connectivity index (χ1n) is 12.1. The van der Waals surface area contributed by atoms with Gasteiger partial charge >= 0.3 is 5.63 Å². The molecule has 0 N–H and O–H groups in total. The van der Waals surface area contributed by atoms with Crippen molar-refractivity contribution in [3.8, 4) is 0 Å². The fourth-order valence-corrected chi connectivity index (χ4v) is 4.76. The zero-order valence-corrected chi connectivity index (χ0v) is 22.0. The Labute approximate surface area is 223 Å². The van der Waals surface area contributed by atoms with Crippen LogP contribution in [-0.2, 0) is 4.74 Å². The molecule has 0 spiro atoms. The first-order chi connectivity index (χ1) is 18.1. The number of halogens is 1. The molecule has 0 unspecified atom stereocenters. The van der Waals surface area contributed by atoms with E-state index in [-0.39, 0.29) is 5.63 Å². The zero-order valence-electron chi connectivity index (χ0n) is 20.4. The van der Waals surface area contributed by atoms with Crippen molar-refractivity contribution in [3.05, 3.63) is 110 Å². The number of hydrogen-bond acceptors (Lipinski definition) is 6. The number of aliphatic imine (C=N–C) groups is 2. The van der Waals surface area contributed by atoms with Crippen molar-refractivity contribution < 1.29 is 9.15 Å².